The van der Waals surface area contributed by atoms with E-state index < -0.39 is 0 Å². The number of amides is 1. The molecule has 4 nitrogen and oxygen atoms in total. The molecular formula is C21H25BrN2O2S. The van der Waals surface area contributed by atoms with Crippen LogP contribution in [0.1, 0.15) is 43.0 Å². The van der Waals surface area contributed by atoms with Crippen molar-refractivity contribution in [2.75, 3.05) is 18.6 Å². The number of nitrogens with zero attached hydrogens (tertiary/aromatic N) is 1. The zero-order valence-electron chi connectivity index (χ0n) is 15.7. The highest BCUT2D eigenvalue weighted by atomic mass is 79.9. The number of rotatable bonds is 8. The fraction of sp³-hybridized carbons (Fsp3) is 0.333. The van der Waals surface area contributed by atoms with Crippen LogP contribution in [0.25, 0.3) is 0 Å². The lowest BCUT2D eigenvalue weighted by Crippen LogP contribution is -2.40. The molecule has 0 spiro atoms. The van der Waals surface area contributed by atoms with E-state index in [4.69, 9.17) is 17.0 Å². The summed E-state index contributed by atoms with van der Waals surface area (Å²) in [4.78, 5) is 14.5. The predicted molar refractivity (Wildman–Crippen MR) is 119 cm³/mol. The number of benzene rings is 2. The minimum atomic E-state index is -0.285. The summed E-state index contributed by atoms with van der Waals surface area (Å²) >= 11 is 8.81. The molecule has 0 aliphatic rings. The number of anilines is 1. The van der Waals surface area contributed by atoms with Crippen molar-refractivity contribution in [2.24, 2.45) is 0 Å². The molecule has 0 aromatic heterocycles. The zero-order valence-corrected chi connectivity index (χ0v) is 18.1. The highest BCUT2D eigenvalue weighted by Gasteiger charge is 2.17. The van der Waals surface area contributed by atoms with E-state index >= 15 is 0 Å². The molecule has 0 fully saturated rings. The number of nitrogens with one attached hydrogen (secondary N) is 1. The lowest BCUT2D eigenvalue weighted by Gasteiger charge is -2.21. The molecule has 2 aromatic rings. The first-order chi connectivity index (χ1) is 13.0. The standard InChI is InChI=1S/C21H25BrN2O2S/c1-3-4-5-9-14-26-19-13-12-16(22)15-18(19)20(25)23-21(27)24(2)17-10-7-6-8-11-17/h6-8,10-13,15H,3-5,9,14H2,1-2H3,(H,23,25,27). The first-order valence-corrected chi connectivity index (χ1v) is 10.3. The summed E-state index contributed by atoms with van der Waals surface area (Å²) in [6.45, 7) is 2.77. The van der Waals surface area contributed by atoms with Gasteiger partial charge < -0.3 is 9.64 Å². The highest BCUT2D eigenvalue weighted by Crippen LogP contribution is 2.24. The van der Waals surface area contributed by atoms with Crippen molar-refractivity contribution in [1.29, 1.82) is 0 Å². The van der Waals surface area contributed by atoms with E-state index in [2.05, 4.69) is 28.2 Å². The lowest BCUT2D eigenvalue weighted by molar-refractivity contribution is 0.0973. The van der Waals surface area contributed by atoms with Gasteiger partial charge in [0.05, 0.1) is 12.2 Å². The Hall–Kier alpha value is -1.92. The molecule has 0 bridgehead atoms. The maximum absolute atomic E-state index is 12.8. The molecule has 0 radical (unpaired) electrons. The van der Waals surface area contributed by atoms with Crippen molar-refractivity contribution in [1.82, 2.24) is 5.32 Å². The van der Waals surface area contributed by atoms with Crippen molar-refractivity contribution in [3.8, 4) is 5.75 Å². The second-order valence-corrected chi connectivity index (χ2v) is 7.51. The van der Waals surface area contributed by atoms with Crippen molar-refractivity contribution in [2.45, 2.75) is 32.6 Å². The molecule has 0 saturated carbocycles. The molecule has 27 heavy (non-hydrogen) atoms. The summed E-state index contributed by atoms with van der Waals surface area (Å²) in [7, 11) is 1.82. The summed E-state index contributed by atoms with van der Waals surface area (Å²) in [6.07, 6.45) is 4.47. The Morgan fingerprint density at radius 2 is 1.89 bits per heavy atom. The monoisotopic (exact) mass is 448 g/mol. The van der Waals surface area contributed by atoms with Gasteiger partial charge in [-0.1, -0.05) is 60.3 Å². The van der Waals surface area contributed by atoms with Gasteiger partial charge in [-0.3, -0.25) is 10.1 Å². The van der Waals surface area contributed by atoms with Crippen molar-refractivity contribution in [3.63, 3.8) is 0 Å². The molecule has 1 N–H and O–H groups in total. The Balaban J connectivity index is 2.04. The van der Waals surface area contributed by atoms with Crippen LogP contribution >= 0.6 is 28.1 Å². The molecule has 0 aliphatic heterocycles. The maximum Gasteiger partial charge on any atom is 0.261 e. The molecule has 144 valence electrons. The lowest BCUT2D eigenvalue weighted by atomic mass is 10.2. The summed E-state index contributed by atoms with van der Waals surface area (Å²) in [5.74, 6) is 0.282. The van der Waals surface area contributed by atoms with Crippen LogP contribution in [0.2, 0.25) is 0 Å². The van der Waals surface area contributed by atoms with Crippen LogP contribution in [-0.4, -0.2) is 24.7 Å². The van der Waals surface area contributed by atoms with Crippen molar-refractivity contribution < 1.29 is 9.53 Å². The van der Waals surface area contributed by atoms with E-state index in [1.165, 1.54) is 12.8 Å². The van der Waals surface area contributed by atoms with Gasteiger partial charge in [0.25, 0.3) is 5.91 Å². The number of para-hydroxylation sites is 1. The second kappa shape index (κ2) is 11.0. The fourth-order valence-electron chi connectivity index (χ4n) is 2.53. The molecule has 2 aromatic carbocycles. The number of carbonyl (C=O) groups excluding carboxylic acids is 1. The minimum absolute atomic E-state index is 0.285. The topological polar surface area (TPSA) is 41.6 Å². The van der Waals surface area contributed by atoms with Gasteiger partial charge in [-0.05, 0) is 49.0 Å². The molecule has 0 aliphatic carbocycles. The highest BCUT2D eigenvalue weighted by molar-refractivity contribution is 9.10. The number of ether oxygens (including phenoxy) is 1. The number of hydrogen-bond acceptors (Lipinski definition) is 3. The van der Waals surface area contributed by atoms with Gasteiger partial charge in [0.15, 0.2) is 5.11 Å². The Kier molecular flexibility index (Phi) is 8.75. The van der Waals surface area contributed by atoms with E-state index in [-0.39, 0.29) is 5.91 Å². The number of thiocarbonyl (C=S) groups is 1. The Morgan fingerprint density at radius 3 is 2.59 bits per heavy atom. The zero-order chi connectivity index (χ0) is 19.6. The average Bonchev–Trinajstić information content (AvgIpc) is 2.68. The van der Waals surface area contributed by atoms with Crippen LogP contribution in [0.3, 0.4) is 0 Å². The number of carbonyl (C=O) groups is 1. The summed E-state index contributed by atoms with van der Waals surface area (Å²) in [5.41, 5.74) is 1.37. The van der Waals surface area contributed by atoms with Gasteiger partial charge in [0.1, 0.15) is 5.75 Å². The van der Waals surface area contributed by atoms with E-state index in [9.17, 15) is 4.79 Å². The van der Waals surface area contributed by atoms with Crippen LogP contribution in [0, 0.1) is 0 Å². The predicted octanol–water partition coefficient (Wildman–Crippen LogP) is 5.56. The number of hydrogen-bond donors (Lipinski definition) is 1. The van der Waals surface area contributed by atoms with Gasteiger partial charge >= 0.3 is 0 Å². The summed E-state index contributed by atoms with van der Waals surface area (Å²) < 4.78 is 6.66. The molecule has 1 amide bonds. The van der Waals surface area contributed by atoms with E-state index in [0.29, 0.717) is 23.0 Å². The van der Waals surface area contributed by atoms with E-state index in [1.807, 2.05) is 49.5 Å². The van der Waals surface area contributed by atoms with E-state index in [0.717, 1.165) is 23.0 Å². The molecule has 6 heteroatoms. The average molecular weight is 449 g/mol. The van der Waals surface area contributed by atoms with Gasteiger partial charge in [-0.25, -0.2) is 0 Å². The summed E-state index contributed by atoms with van der Waals surface area (Å²) in [6, 6.07) is 15.1. The maximum atomic E-state index is 12.8. The molecule has 0 saturated heterocycles. The first-order valence-electron chi connectivity index (χ1n) is 9.09. The Bertz CT molecular complexity index is 768. The quantitative estimate of drug-likeness (QED) is 0.423. The smallest absolute Gasteiger partial charge is 0.261 e. The SMILES string of the molecule is CCCCCCOc1ccc(Br)cc1C(=O)NC(=S)N(C)c1ccccc1. The number of unbranched alkanes of at least 4 members (excludes halogenated alkanes) is 3. The third kappa shape index (κ3) is 6.63. The molecular weight excluding hydrogens is 424 g/mol. The van der Waals surface area contributed by atoms with Crippen LogP contribution < -0.4 is 15.0 Å². The summed E-state index contributed by atoms with van der Waals surface area (Å²) in [5, 5.41) is 3.12. The third-order valence-corrected chi connectivity index (χ3v) is 4.98. The van der Waals surface area contributed by atoms with Crippen LogP contribution in [0.4, 0.5) is 5.69 Å². The van der Waals surface area contributed by atoms with Crippen LogP contribution in [0.5, 0.6) is 5.75 Å². The minimum Gasteiger partial charge on any atom is -0.493 e. The molecule has 0 unspecified atom stereocenters. The fourth-order valence-corrected chi connectivity index (χ4v) is 3.09. The number of halogens is 1. The van der Waals surface area contributed by atoms with Crippen LogP contribution in [0.15, 0.2) is 53.0 Å². The van der Waals surface area contributed by atoms with Crippen molar-refractivity contribution >= 4 is 44.9 Å². The largest absolute Gasteiger partial charge is 0.493 e. The molecule has 0 heterocycles. The van der Waals surface area contributed by atoms with Gasteiger partial charge in [-0.2, -0.15) is 0 Å². The first kappa shape index (κ1) is 21.4. The third-order valence-electron chi connectivity index (χ3n) is 4.11. The Labute approximate surface area is 175 Å². The molecule has 2 rings (SSSR count). The normalized spacial score (nSPS) is 10.3. The van der Waals surface area contributed by atoms with Gasteiger partial charge in [0.2, 0.25) is 0 Å². The second-order valence-electron chi connectivity index (χ2n) is 6.20. The Morgan fingerprint density at radius 1 is 1.15 bits per heavy atom. The van der Waals surface area contributed by atoms with Gasteiger partial charge in [-0.15, -0.1) is 0 Å². The van der Waals surface area contributed by atoms with Gasteiger partial charge in [0, 0.05) is 17.2 Å². The van der Waals surface area contributed by atoms with Crippen molar-refractivity contribution in [3.05, 3.63) is 58.6 Å². The van der Waals surface area contributed by atoms with E-state index in [1.54, 1.807) is 11.0 Å². The van der Waals surface area contributed by atoms with Crippen LogP contribution in [-0.2, 0) is 0 Å². The molecule has 0 atom stereocenters.